The summed E-state index contributed by atoms with van der Waals surface area (Å²) < 4.78 is 0. The average molecular weight is 324 g/mol. The molecule has 2 aromatic carbocycles. The highest BCUT2D eigenvalue weighted by molar-refractivity contribution is 6.36. The van der Waals surface area contributed by atoms with Crippen molar-refractivity contribution >= 4 is 46.5 Å². The molecule has 3 amide bonds. The smallest absolute Gasteiger partial charge is 0.316 e. The number of urea groups is 1. The molecule has 5 nitrogen and oxygen atoms in total. The van der Waals surface area contributed by atoms with Gasteiger partial charge in [-0.15, -0.1) is 0 Å². The molecule has 0 saturated heterocycles. The molecule has 0 aliphatic heterocycles. The number of rotatable bonds is 3. The van der Waals surface area contributed by atoms with Crippen LogP contribution in [0.4, 0.5) is 16.2 Å². The lowest BCUT2D eigenvalue weighted by atomic mass is 10.2. The molecular formula is C14H11Cl2N3O2. The topological polar surface area (TPSA) is 84.2 Å². The summed E-state index contributed by atoms with van der Waals surface area (Å²) in [6, 6.07) is 10.4. The normalized spacial score (nSPS) is 10.0. The van der Waals surface area contributed by atoms with Crippen LogP contribution in [0.3, 0.4) is 0 Å². The van der Waals surface area contributed by atoms with E-state index in [0.29, 0.717) is 27.0 Å². The van der Waals surface area contributed by atoms with Crippen molar-refractivity contribution < 1.29 is 9.59 Å². The van der Waals surface area contributed by atoms with Crippen LogP contribution in [0.5, 0.6) is 0 Å². The molecule has 0 bridgehead atoms. The van der Waals surface area contributed by atoms with Crippen LogP contribution in [0.15, 0.2) is 42.5 Å². The number of anilines is 2. The largest absolute Gasteiger partial charge is 0.351 e. The summed E-state index contributed by atoms with van der Waals surface area (Å²) in [6.07, 6.45) is 0. The Bertz CT molecular complexity index is 704. The number of benzene rings is 2. The number of halogens is 2. The van der Waals surface area contributed by atoms with Crippen molar-refractivity contribution in [2.24, 2.45) is 5.73 Å². The summed E-state index contributed by atoms with van der Waals surface area (Å²) in [7, 11) is 0. The minimum atomic E-state index is -0.701. The number of nitrogens with one attached hydrogen (secondary N) is 2. The van der Waals surface area contributed by atoms with E-state index in [1.165, 1.54) is 12.1 Å². The number of primary amides is 1. The molecule has 7 heteroatoms. The molecule has 0 aliphatic rings. The number of nitrogens with two attached hydrogens (primary N) is 1. The summed E-state index contributed by atoms with van der Waals surface area (Å²) in [5, 5.41) is 5.87. The van der Waals surface area contributed by atoms with Gasteiger partial charge in [0, 0.05) is 16.3 Å². The SMILES string of the molecule is NC(=O)Nc1cccc(C(=O)Nc2ccc(Cl)cc2Cl)c1. The zero-order valence-corrected chi connectivity index (χ0v) is 12.2. The summed E-state index contributed by atoms with van der Waals surface area (Å²) in [5.41, 5.74) is 6.25. The lowest BCUT2D eigenvalue weighted by Gasteiger charge is -2.09. The van der Waals surface area contributed by atoms with Crippen LogP contribution in [-0.2, 0) is 0 Å². The van der Waals surface area contributed by atoms with Gasteiger partial charge >= 0.3 is 6.03 Å². The van der Waals surface area contributed by atoms with E-state index in [-0.39, 0.29) is 5.91 Å². The monoisotopic (exact) mass is 323 g/mol. The number of carbonyl (C=O) groups excluding carboxylic acids is 2. The minimum Gasteiger partial charge on any atom is -0.351 e. The molecule has 2 aromatic rings. The van der Waals surface area contributed by atoms with Crippen molar-refractivity contribution in [2.75, 3.05) is 10.6 Å². The summed E-state index contributed by atoms with van der Waals surface area (Å²) in [6.45, 7) is 0. The number of hydrogen-bond acceptors (Lipinski definition) is 2. The van der Waals surface area contributed by atoms with E-state index in [1.54, 1.807) is 30.3 Å². The standard InChI is InChI=1S/C14H11Cl2N3O2/c15-9-4-5-12(11(16)7-9)19-13(20)8-2-1-3-10(6-8)18-14(17)21/h1-7H,(H,19,20)(H3,17,18,21). The van der Waals surface area contributed by atoms with Crippen molar-refractivity contribution in [3.8, 4) is 0 Å². The lowest BCUT2D eigenvalue weighted by Crippen LogP contribution is -2.19. The zero-order chi connectivity index (χ0) is 15.4. The number of amides is 3. The molecule has 108 valence electrons. The van der Waals surface area contributed by atoms with Crippen molar-refractivity contribution in [1.29, 1.82) is 0 Å². The fourth-order valence-corrected chi connectivity index (χ4v) is 2.12. The molecule has 4 N–H and O–H groups in total. The van der Waals surface area contributed by atoms with Crippen LogP contribution in [0.2, 0.25) is 10.0 Å². The van der Waals surface area contributed by atoms with Crippen LogP contribution < -0.4 is 16.4 Å². The first-order valence-corrected chi connectivity index (χ1v) is 6.64. The Morgan fingerprint density at radius 2 is 1.76 bits per heavy atom. The van der Waals surface area contributed by atoms with Gasteiger partial charge in [-0.05, 0) is 36.4 Å². The summed E-state index contributed by atoms with van der Waals surface area (Å²) in [5.74, 6) is -0.368. The van der Waals surface area contributed by atoms with Gasteiger partial charge in [-0.3, -0.25) is 4.79 Å². The van der Waals surface area contributed by atoms with E-state index in [1.807, 2.05) is 0 Å². The van der Waals surface area contributed by atoms with Crippen LogP contribution in [0.25, 0.3) is 0 Å². The van der Waals surface area contributed by atoms with Gasteiger partial charge in [-0.1, -0.05) is 29.3 Å². The molecule has 0 radical (unpaired) electrons. The Morgan fingerprint density at radius 1 is 1.00 bits per heavy atom. The van der Waals surface area contributed by atoms with Gasteiger partial charge in [0.15, 0.2) is 0 Å². The second kappa shape index (κ2) is 6.47. The van der Waals surface area contributed by atoms with E-state index in [9.17, 15) is 9.59 Å². The fourth-order valence-electron chi connectivity index (χ4n) is 1.67. The quantitative estimate of drug-likeness (QED) is 0.803. The summed E-state index contributed by atoms with van der Waals surface area (Å²) in [4.78, 5) is 22.9. The van der Waals surface area contributed by atoms with E-state index < -0.39 is 6.03 Å². The number of carbonyl (C=O) groups is 2. The molecule has 0 fully saturated rings. The highest BCUT2D eigenvalue weighted by Crippen LogP contribution is 2.26. The Kier molecular flexibility index (Phi) is 4.67. The Labute approximate surface area is 131 Å². The Hall–Kier alpha value is -2.24. The maximum absolute atomic E-state index is 12.1. The van der Waals surface area contributed by atoms with E-state index >= 15 is 0 Å². The van der Waals surface area contributed by atoms with Gasteiger partial charge in [-0.25, -0.2) is 4.79 Å². The van der Waals surface area contributed by atoms with Crippen molar-refractivity contribution in [3.05, 3.63) is 58.1 Å². The van der Waals surface area contributed by atoms with Crippen LogP contribution in [0, 0.1) is 0 Å². The van der Waals surface area contributed by atoms with Crippen LogP contribution in [0.1, 0.15) is 10.4 Å². The third kappa shape index (κ3) is 4.11. The highest BCUT2D eigenvalue weighted by Gasteiger charge is 2.10. The van der Waals surface area contributed by atoms with Crippen LogP contribution >= 0.6 is 23.2 Å². The lowest BCUT2D eigenvalue weighted by molar-refractivity contribution is 0.102. The first-order valence-electron chi connectivity index (χ1n) is 5.88. The predicted octanol–water partition coefficient (Wildman–Crippen LogP) is 3.74. The van der Waals surface area contributed by atoms with Crippen LogP contribution in [-0.4, -0.2) is 11.9 Å². The van der Waals surface area contributed by atoms with Crippen molar-refractivity contribution in [2.45, 2.75) is 0 Å². The molecule has 0 spiro atoms. The van der Waals surface area contributed by atoms with Gasteiger partial charge in [-0.2, -0.15) is 0 Å². The predicted molar refractivity (Wildman–Crippen MR) is 84.1 cm³/mol. The maximum Gasteiger partial charge on any atom is 0.316 e. The third-order valence-electron chi connectivity index (χ3n) is 2.57. The molecule has 0 atom stereocenters. The van der Waals surface area contributed by atoms with Crippen molar-refractivity contribution in [1.82, 2.24) is 0 Å². The molecule has 0 saturated carbocycles. The molecule has 2 rings (SSSR count). The van der Waals surface area contributed by atoms with E-state index in [4.69, 9.17) is 28.9 Å². The maximum atomic E-state index is 12.1. The zero-order valence-electron chi connectivity index (χ0n) is 10.7. The van der Waals surface area contributed by atoms with Gasteiger partial charge in [0.25, 0.3) is 5.91 Å². The first kappa shape index (κ1) is 15.2. The fraction of sp³-hybridized carbons (Fsp3) is 0. The van der Waals surface area contributed by atoms with Gasteiger partial charge in [0.2, 0.25) is 0 Å². The van der Waals surface area contributed by atoms with Gasteiger partial charge < -0.3 is 16.4 Å². The minimum absolute atomic E-state index is 0.335. The summed E-state index contributed by atoms with van der Waals surface area (Å²) >= 11 is 11.8. The molecule has 0 aromatic heterocycles. The average Bonchev–Trinajstić information content (AvgIpc) is 2.41. The third-order valence-corrected chi connectivity index (χ3v) is 3.12. The van der Waals surface area contributed by atoms with Crippen molar-refractivity contribution in [3.63, 3.8) is 0 Å². The molecule has 0 aliphatic carbocycles. The molecule has 0 unspecified atom stereocenters. The van der Waals surface area contributed by atoms with Gasteiger partial charge in [0.1, 0.15) is 0 Å². The Balaban J connectivity index is 2.18. The van der Waals surface area contributed by atoms with E-state index in [2.05, 4.69) is 10.6 Å². The molecule has 0 heterocycles. The highest BCUT2D eigenvalue weighted by atomic mass is 35.5. The number of hydrogen-bond donors (Lipinski definition) is 3. The Morgan fingerprint density at radius 3 is 2.43 bits per heavy atom. The second-order valence-corrected chi connectivity index (χ2v) is 4.99. The van der Waals surface area contributed by atoms with Gasteiger partial charge in [0.05, 0.1) is 10.7 Å². The van der Waals surface area contributed by atoms with E-state index in [0.717, 1.165) is 0 Å². The first-order chi connectivity index (χ1) is 9.95. The molecular weight excluding hydrogens is 313 g/mol. The second-order valence-electron chi connectivity index (χ2n) is 4.15. The molecule has 21 heavy (non-hydrogen) atoms.